The lowest BCUT2D eigenvalue weighted by Gasteiger charge is -2.41. The first-order valence-electron chi connectivity index (χ1n) is 7.85. The molecule has 0 N–H and O–H groups in total. The number of hydrogen-bond acceptors (Lipinski definition) is 3. The van der Waals surface area contributed by atoms with E-state index in [9.17, 15) is 9.59 Å². The van der Waals surface area contributed by atoms with E-state index in [2.05, 4.69) is 0 Å². The average Bonchev–Trinajstić information content (AvgIpc) is 2.47. The number of carbonyl (C=O) groups is 2. The maximum absolute atomic E-state index is 12.8. The Kier molecular flexibility index (Phi) is 4.63. The number of rotatable bonds is 0. The van der Waals surface area contributed by atoms with Crippen molar-refractivity contribution in [3.63, 3.8) is 0 Å². The van der Waals surface area contributed by atoms with Gasteiger partial charge in [0.15, 0.2) is 0 Å². The Morgan fingerprint density at radius 3 is 1.73 bits per heavy atom. The van der Waals surface area contributed by atoms with Crippen LogP contribution < -0.4 is 0 Å². The molecule has 1 saturated heterocycles. The molecule has 128 valence electrons. The van der Waals surface area contributed by atoms with Crippen LogP contribution in [0.4, 0.5) is 4.79 Å². The Bertz CT molecular complexity index is 452. The first-order valence-corrected chi connectivity index (χ1v) is 7.85. The minimum absolute atomic E-state index is 0.0294. The van der Waals surface area contributed by atoms with Gasteiger partial charge < -0.3 is 9.64 Å². The van der Waals surface area contributed by atoms with Crippen LogP contribution in [-0.2, 0) is 9.53 Å². The highest BCUT2D eigenvalue weighted by Gasteiger charge is 2.56. The standard InChI is InChI=1S/C17H32N2O3/c1-15(2,3)11-12(20)18(10)13(16(4,5)6)19(11)14(21)22-17(7,8)9/h11,13H,1-10H3. The van der Waals surface area contributed by atoms with E-state index in [1.165, 1.54) is 0 Å². The van der Waals surface area contributed by atoms with Crippen molar-refractivity contribution < 1.29 is 14.3 Å². The number of nitrogens with zero attached hydrogens (tertiary/aromatic N) is 2. The fourth-order valence-electron chi connectivity index (χ4n) is 3.07. The van der Waals surface area contributed by atoms with Crippen LogP contribution >= 0.6 is 0 Å². The summed E-state index contributed by atoms with van der Waals surface area (Å²) in [7, 11) is 1.77. The van der Waals surface area contributed by atoms with E-state index >= 15 is 0 Å². The summed E-state index contributed by atoms with van der Waals surface area (Å²) in [5.41, 5.74) is -1.21. The van der Waals surface area contributed by atoms with Crippen LogP contribution in [0, 0.1) is 10.8 Å². The monoisotopic (exact) mass is 312 g/mol. The molecule has 0 aromatic carbocycles. The molecular weight excluding hydrogens is 280 g/mol. The first-order chi connectivity index (χ1) is 9.57. The zero-order chi connectivity index (χ0) is 17.7. The van der Waals surface area contributed by atoms with E-state index in [-0.39, 0.29) is 22.9 Å². The molecule has 0 aliphatic carbocycles. The number of amides is 2. The van der Waals surface area contributed by atoms with Crippen molar-refractivity contribution in [2.75, 3.05) is 7.05 Å². The van der Waals surface area contributed by atoms with Crippen LogP contribution in [0.2, 0.25) is 0 Å². The van der Waals surface area contributed by atoms with Crippen LogP contribution in [-0.4, -0.2) is 46.7 Å². The number of hydrogen-bond donors (Lipinski definition) is 0. The molecule has 0 radical (unpaired) electrons. The Balaban J connectivity index is 3.34. The normalized spacial score (nSPS) is 24.0. The Hall–Kier alpha value is -1.26. The van der Waals surface area contributed by atoms with E-state index in [0.717, 1.165) is 0 Å². The molecule has 0 saturated carbocycles. The highest BCUT2D eigenvalue weighted by molar-refractivity contribution is 5.90. The molecule has 5 heteroatoms. The number of carbonyl (C=O) groups excluding carboxylic acids is 2. The van der Waals surface area contributed by atoms with E-state index in [1.807, 2.05) is 62.3 Å². The van der Waals surface area contributed by atoms with E-state index in [1.54, 1.807) is 16.8 Å². The van der Waals surface area contributed by atoms with Crippen molar-refractivity contribution in [1.29, 1.82) is 0 Å². The van der Waals surface area contributed by atoms with Crippen molar-refractivity contribution in [2.24, 2.45) is 10.8 Å². The molecule has 0 aromatic heterocycles. The van der Waals surface area contributed by atoms with Gasteiger partial charge in [0.1, 0.15) is 17.8 Å². The maximum Gasteiger partial charge on any atom is 0.412 e. The van der Waals surface area contributed by atoms with Crippen LogP contribution in [0.3, 0.4) is 0 Å². The number of ether oxygens (including phenoxy) is 1. The van der Waals surface area contributed by atoms with Gasteiger partial charge in [-0.15, -0.1) is 0 Å². The molecule has 5 nitrogen and oxygen atoms in total. The third-order valence-corrected chi connectivity index (χ3v) is 3.69. The van der Waals surface area contributed by atoms with Gasteiger partial charge in [0, 0.05) is 12.5 Å². The summed E-state index contributed by atoms with van der Waals surface area (Å²) in [6.45, 7) is 17.5. The summed E-state index contributed by atoms with van der Waals surface area (Å²) in [6.07, 6.45) is -0.746. The highest BCUT2D eigenvalue weighted by Crippen LogP contribution is 2.40. The molecule has 2 amide bonds. The highest BCUT2D eigenvalue weighted by atomic mass is 16.6. The first kappa shape index (κ1) is 18.8. The zero-order valence-corrected chi connectivity index (χ0v) is 15.8. The lowest BCUT2D eigenvalue weighted by Crippen LogP contribution is -2.54. The Labute approximate surface area is 135 Å². The van der Waals surface area contributed by atoms with Gasteiger partial charge in [-0.25, -0.2) is 4.79 Å². The summed E-state index contributed by atoms with van der Waals surface area (Å²) in [5.74, 6) is -0.0294. The molecule has 1 rings (SSSR count). The van der Waals surface area contributed by atoms with Gasteiger partial charge in [0.05, 0.1) is 0 Å². The molecule has 1 aliphatic heterocycles. The van der Waals surface area contributed by atoms with Crippen molar-refractivity contribution in [2.45, 2.75) is 80.1 Å². The van der Waals surface area contributed by atoms with Crippen LogP contribution in [0.1, 0.15) is 62.3 Å². The third kappa shape index (κ3) is 3.73. The van der Waals surface area contributed by atoms with Gasteiger partial charge in [-0.1, -0.05) is 41.5 Å². The van der Waals surface area contributed by atoms with Gasteiger partial charge in [-0.3, -0.25) is 9.69 Å². The average molecular weight is 312 g/mol. The zero-order valence-electron chi connectivity index (χ0n) is 15.8. The Morgan fingerprint density at radius 1 is 0.955 bits per heavy atom. The SMILES string of the molecule is CN1C(=O)C(C(C)(C)C)N(C(=O)OC(C)(C)C)C1C(C)(C)C. The smallest absolute Gasteiger partial charge is 0.412 e. The lowest BCUT2D eigenvalue weighted by atomic mass is 9.85. The largest absolute Gasteiger partial charge is 0.444 e. The van der Waals surface area contributed by atoms with Crippen molar-refractivity contribution >= 4 is 12.0 Å². The third-order valence-electron chi connectivity index (χ3n) is 3.69. The van der Waals surface area contributed by atoms with Crippen molar-refractivity contribution in [3.05, 3.63) is 0 Å². The quantitative estimate of drug-likeness (QED) is 0.688. The molecule has 1 fully saturated rings. The predicted octanol–water partition coefficient (Wildman–Crippen LogP) is 3.48. The minimum atomic E-state index is -0.591. The topological polar surface area (TPSA) is 49.9 Å². The molecule has 2 unspecified atom stereocenters. The maximum atomic E-state index is 12.8. The molecule has 2 atom stereocenters. The summed E-state index contributed by atoms with van der Waals surface area (Å²) in [4.78, 5) is 28.9. The fraction of sp³-hybridized carbons (Fsp3) is 0.882. The second kappa shape index (κ2) is 5.43. The van der Waals surface area contributed by atoms with Gasteiger partial charge in [-0.05, 0) is 26.2 Å². The van der Waals surface area contributed by atoms with Crippen LogP contribution in [0.25, 0.3) is 0 Å². The van der Waals surface area contributed by atoms with E-state index in [0.29, 0.717) is 0 Å². The molecular formula is C17H32N2O3. The molecule has 0 spiro atoms. The van der Waals surface area contributed by atoms with Crippen molar-refractivity contribution in [1.82, 2.24) is 9.80 Å². The summed E-state index contributed by atoms with van der Waals surface area (Å²) >= 11 is 0. The second-order valence-corrected chi connectivity index (χ2v) is 9.35. The molecule has 22 heavy (non-hydrogen) atoms. The van der Waals surface area contributed by atoms with Crippen molar-refractivity contribution in [3.8, 4) is 0 Å². The summed E-state index contributed by atoms with van der Waals surface area (Å²) < 4.78 is 5.58. The molecule has 0 aromatic rings. The number of likely N-dealkylation sites (N-methyl/N-ethyl adjacent to an activating group) is 1. The summed E-state index contributed by atoms with van der Waals surface area (Å²) in [6, 6.07) is -0.517. The molecule has 1 aliphatic rings. The van der Waals surface area contributed by atoms with Crippen LogP contribution in [0.5, 0.6) is 0 Å². The van der Waals surface area contributed by atoms with E-state index < -0.39 is 17.7 Å². The molecule has 0 bridgehead atoms. The van der Waals surface area contributed by atoms with Gasteiger partial charge >= 0.3 is 6.09 Å². The Morgan fingerprint density at radius 2 is 1.41 bits per heavy atom. The van der Waals surface area contributed by atoms with Gasteiger partial charge in [0.2, 0.25) is 5.91 Å². The second-order valence-electron chi connectivity index (χ2n) is 9.35. The summed E-state index contributed by atoms with van der Waals surface area (Å²) in [5, 5.41) is 0. The van der Waals surface area contributed by atoms with Gasteiger partial charge in [-0.2, -0.15) is 0 Å². The van der Waals surface area contributed by atoms with Crippen LogP contribution in [0.15, 0.2) is 0 Å². The fourth-order valence-corrected chi connectivity index (χ4v) is 3.07. The molecule has 1 heterocycles. The minimum Gasteiger partial charge on any atom is -0.444 e. The predicted molar refractivity (Wildman–Crippen MR) is 87.3 cm³/mol. The van der Waals surface area contributed by atoms with E-state index in [4.69, 9.17) is 4.74 Å². The lowest BCUT2D eigenvalue weighted by molar-refractivity contribution is -0.131. The van der Waals surface area contributed by atoms with Gasteiger partial charge in [0.25, 0.3) is 0 Å².